The fourth-order valence-corrected chi connectivity index (χ4v) is 6.14. The van der Waals surface area contributed by atoms with Crippen LogP contribution in [0.2, 0.25) is 5.02 Å². The molecule has 5 rings (SSSR count). The maximum atomic E-state index is 14.2. The fourth-order valence-electron chi connectivity index (χ4n) is 6.01. The second-order valence-corrected chi connectivity index (χ2v) is 11.5. The first-order valence-corrected chi connectivity index (χ1v) is 14.7. The van der Waals surface area contributed by atoms with E-state index in [2.05, 4.69) is 65.7 Å². The van der Waals surface area contributed by atoms with Crippen molar-refractivity contribution in [2.24, 2.45) is 0 Å². The molecular formula is C31H39ClN6O2. The van der Waals surface area contributed by atoms with Gasteiger partial charge in [-0.15, -0.1) is 0 Å². The molecule has 2 fully saturated rings. The van der Waals surface area contributed by atoms with Gasteiger partial charge in [0, 0.05) is 36.4 Å². The highest BCUT2D eigenvalue weighted by atomic mass is 35.5. The van der Waals surface area contributed by atoms with Crippen LogP contribution in [0.3, 0.4) is 0 Å². The molecule has 40 heavy (non-hydrogen) atoms. The summed E-state index contributed by atoms with van der Waals surface area (Å²) in [7, 11) is 0. The maximum Gasteiger partial charge on any atom is 0.255 e. The predicted octanol–water partition coefficient (Wildman–Crippen LogP) is 4.38. The van der Waals surface area contributed by atoms with Crippen molar-refractivity contribution in [1.82, 2.24) is 25.3 Å². The summed E-state index contributed by atoms with van der Waals surface area (Å²) in [6, 6.07) is 16.1. The molecule has 0 saturated carbocycles. The lowest BCUT2D eigenvalue weighted by Crippen LogP contribution is -2.66. The molecule has 212 valence electrons. The Balaban J connectivity index is 1.36. The minimum Gasteiger partial charge on any atom is -0.365 e. The summed E-state index contributed by atoms with van der Waals surface area (Å²) in [6.07, 6.45) is 4.27. The number of nitrogens with zero attached hydrogens (tertiary/aromatic N) is 4. The van der Waals surface area contributed by atoms with Crippen molar-refractivity contribution in [1.29, 1.82) is 0 Å². The van der Waals surface area contributed by atoms with E-state index in [4.69, 9.17) is 11.6 Å². The molecule has 9 heteroatoms. The maximum absolute atomic E-state index is 14.2. The highest BCUT2D eigenvalue weighted by Crippen LogP contribution is 2.28. The van der Waals surface area contributed by atoms with E-state index in [-0.39, 0.29) is 17.9 Å². The van der Waals surface area contributed by atoms with E-state index in [1.54, 1.807) is 10.9 Å². The van der Waals surface area contributed by atoms with Crippen LogP contribution < -0.4 is 15.5 Å². The summed E-state index contributed by atoms with van der Waals surface area (Å²) in [6.45, 7) is 9.70. The summed E-state index contributed by atoms with van der Waals surface area (Å²) < 4.78 is 1.80. The van der Waals surface area contributed by atoms with Gasteiger partial charge in [-0.2, -0.15) is 5.10 Å². The second-order valence-electron chi connectivity index (χ2n) is 11.1. The van der Waals surface area contributed by atoms with Gasteiger partial charge < -0.3 is 20.4 Å². The number of piperazine rings is 1. The number of rotatable bonds is 7. The van der Waals surface area contributed by atoms with Crippen LogP contribution in [0.25, 0.3) is 5.69 Å². The lowest BCUT2D eigenvalue weighted by atomic mass is 9.85. The number of aromatic nitrogens is 2. The third kappa shape index (κ3) is 5.74. The Labute approximate surface area is 241 Å². The van der Waals surface area contributed by atoms with Crippen molar-refractivity contribution in [2.45, 2.75) is 58.0 Å². The number of benzene rings is 2. The van der Waals surface area contributed by atoms with Crippen molar-refractivity contribution < 1.29 is 9.59 Å². The van der Waals surface area contributed by atoms with E-state index in [0.29, 0.717) is 56.0 Å². The third-order valence-corrected chi connectivity index (χ3v) is 8.39. The normalized spacial score (nSPS) is 18.9. The molecule has 3 aromatic rings. The SMILES string of the molecule is CCCc1c(C(=O)NC2(C(=O)N3CCN(c4cccc(C)c4)C(C)C3)CCNCC2)cnn1-c1ccc(Cl)cc1. The molecule has 2 aromatic carbocycles. The molecule has 3 heterocycles. The number of nitrogens with one attached hydrogen (secondary N) is 2. The summed E-state index contributed by atoms with van der Waals surface area (Å²) in [4.78, 5) is 32.4. The number of piperidine rings is 1. The van der Waals surface area contributed by atoms with E-state index in [0.717, 1.165) is 24.3 Å². The van der Waals surface area contributed by atoms with Crippen LogP contribution >= 0.6 is 11.6 Å². The number of hydrogen-bond acceptors (Lipinski definition) is 5. The van der Waals surface area contributed by atoms with Crippen LogP contribution in [0, 0.1) is 6.92 Å². The molecule has 0 aliphatic carbocycles. The van der Waals surface area contributed by atoms with Gasteiger partial charge in [-0.05, 0) is 88.2 Å². The Bertz CT molecular complexity index is 1350. The molecule has 2 aliphatic rings. The molecule has 1 atom stereocenters. The van der Waals surface area contributed by atoms with Crippen molar-refractivity contribution in [2.75, 3.05) is 37.6 Å². The van der Waals surface area contributed by atoms with Gasteiger partial charge in [-0.1, -0.05) is 37.1 Å². The number of amides is 2. The predicted molar refractivity (Wildman–Crippen MR) is 159 cm³/mol. The van der Waals surface area contributed by atoms with Gasteiger partial charge in [0.15, 0.2) is 0 Å². The zero-order chi connectivity index (χ0) is 28.3. The van der Waals surface area contributed by atoms with Crippen molar-refractivity contribution in [3.8, 4) is 5.69 Å². The van der Waals surface area contributed by atoms with E-state index in [9.17, 15) is 9.59 Å². The van der Waals surface area contributed by atoms with E-state index in [1.165, 1.54) is 11.3 Å². The van der Waals surface area contributed by atoms with E-state index in [1.807, 2.05) is 29.2 Å². The summed E-state index contributed by atoms with van der Waals surface area (Å²) in [5.74, 6) is -0.231. The van der Waals surface area contributed by atoms with Crippen LogP contribution in [0.1, 0.15) is 54.7 Å². The van der Waals surface area contributed by atoms with Gasteiger partial charge in [0.1, 0.15) is 5.54 Å². The molecule has 2 amide bonds. The molecule has 0 bridgehead atoms. The van der Waals surface area contributed by atoms with Crippen LogP contribution in [-0.2, 0) is 11.2 Å². The Morgan fingerprint density at radius 3 is 2.52 bits per heavy atom. The molecule has 0 radical (unpaired) electrons. The topological polar surface area (TPSA) is 82.5 Å². The number of aryl methyl sites for hydroxylation is 1. The van der Waals surface area contributed by atoms with Gasteiger partial charge in [0.05, 0.1) is 23.1 Å². The zero-order valence-corrected chi connectivity index (χ0v) is 24.4. The lowest BCUT2D eigenvalue weighted by Gasteiger charge is -2.46. The number of carbonyl (C=O) groups excluding carboxylic acids is 2. The fraction of sp³-hybridized carbons (Fsp3) is 0.452. The average Bonchev–Trinajstić information content (AvgIpc) is 3.37. The number of halogens is 1. The highest BCUT2D eigenvalue weighted by molar-refractivity contribution is 6.30. The molecule has 0 spiro atoms. The Morgan fingerprint density at radius 2 is 1.85 bits per heavy atom. The molecule has 1 unspecified atom stereocenters. The van der Waals surface area contributed by atoms with Crippen LogP contribution in [-0.4, -0.2) is 70.8 Å². The second kappa shape index (κ2) is 12.0. The Hall–Kier alpha value is -3.36. The van der Waals surface area contributed by atoms with Gasteiger partial charge in [0.2, 0.25) is 5.91 Å². The van der Waals surface area contributed by atoms with Crippen molar-refractivity contribution >= 4 is 29.1 Å². The van der Waals surface area contributed by atoms with E-state index >= 15 is 0 Å². The molecular weight excluding hydrogens is 524 g/mol. The highest BCUT2D eigenvalue weighted by Gasteiger charge is 2.45. The van der Waals surface area contributed by atoms with Gasteiger partial charge in [-0.25, -0.2) is 4.68 Å². The first kappa shape index (κ1) is 28.2. The molecule has 2 aliphatic heterocycles. The smallest absolute Gasteiger partial charge is 0.255 e. The number of carbonyl (C=O) groups is 2. The monoisotopic (exact) mass is 562 g/mol. The first-order chi connectivity index (χ1) is 19.3. The molecule has 1 aromatic heterocycles. The zero-order valence-electron chi connectivity index (χ0n) is 23.6. The average molecular weight is 563 g/mol. The van der Waals surface area contributed by atoms with Crippen LogP contribution in [0.4, 0.5) is 5.69 Å². The third-order valence-electron chi connectivity index (χ3n) is 8.14. The van der Waals surface area contributed by atoms with Crippen LogP contribution in [0.5, 0.6) is 0 Å². The van der Waals surface area contributed by atoms with Crippen LogP contribution in [0.15, 0.2) is 54.7 Å². The van der Waals surface area contributed by atoms with E-state index < -0.39 is 5.54 Å². The van der Waals surface area contributed by atoms with Crippen molar-refractivity contribution in [3.63, 3.8) is 0 Å². The van der Waals surface area contributed by atoms with Gasteiger partial charge >= 0.3 is 0 Å². The van der Waals surface area contributed by atoms with Gasteiger partial charge in [0.25, 0.3) is 5.91 Å². The first-order valence-electron chi connectivity index (χ1n) is 14.3. The van der Waals surface area contributed by atoms with Crippen molar-refractivity contribution in [3.05, 3.63) is 76.6 Å². The Morgan fingerprint density at radius 1 is 1.10 bits per heavy atom. The Kier molecular flexibility index (Phi) is 8.47. The molecule has 2 saturated heterocycles. The summed E-state index contributed by atoms with van der Waals surface area (Å²) in [5.41, 5.74) is 3.66. The number of hydrogen-bond donors (Lipinski definition) is 2. The quantitative estimate of drug-likeness (QED) is 0.447. The minimum absolute atomic E-state index is 0.0141. The summed E-state index contributed by atoms with van der Waals surface area (Å²) >= 11 is 6.09. The lowest BCUT2D eigenvalue weighted by molar-refractivity contribution is -0.140. The van der Waals surface area contributed by atoms with Gasteiger partial charge in [-0.3, -0.25) is 9.59 Å². The minimum atomic E-state index is -0.945. The summed E-state index contributed by atoms with van der Waals surface area (Å²) in [5, 5.41) is 11.8. The molecule has 8 nitrogen and oxygen atoms in total. The largest absolute Gasteiger partial charge is 0.365 e. The number of anilines is 1. The molecule has 2 N–H and O–H groups in total. The standard InChI is InChI=1S/C31H39ClN6O2/c1-4-6-28-27(20-34-38(28)25-11-9-24(32)10-12-25)29(39)35-31(13-15-33-16-14-31)30(40)36-17-18-37(23(3)21-36)26-8-5-7-22(2)19-26/h5,7-12,19-20,23,33H,4,6,13-18,21H2,1-3H3,(H,35,39).